The largest absolute Gasteiger partial charge is 0.308 e. The van der Waals surface area contributed by atoms with Crippen molar-refractivity contribution in [2.75, 3.05) is 7.05 Å². The predicted octanol–water partition coefficient (Wildman–Crippen LogP) is 0.903. The van der Waals surface area contributed by atoms with Gasteiger partial charge in [-0.1, -0.05) is 0 Å². The van der Waals surface area contributed by atoms with Crippen LogP contribution in [0.2, 0.25) is 0 Å². The molecule has 0 aromatic heterocycles. The monoisotopic (exact) mass is 160 g/mol. The lowest BCUT2D eigenvalue weighted by molar-refractivity contribution is -0.102. The highest BCUT2D eigenvalue weighted by molar-refractivity contribution is 6.53. The zero-order chi connectivity index (χ0) is 8.15. The van der Waals surface area contributed by atoms with Gasteiger partial charge < -0.3 is 5.41 Å². The first-order valence-corrected chi connectivity index (χ1v) is 3.18. The second kappa shape index (κ2) is 4.17. The molecule has 10 heavy (non-hydrogen) atoms. The molecule has 0 bridgehead atoms. The summed E-state index contributed by atoms with van der Waals surface area (Å²) < 4.78 is 0. The van der Waals surface area contributed by atoms with Crippen molar-refractivity contribution in [3.05, 3.63) is 0 Å². The van der Waals surface area contributed by atoms with Crippen LogP contribution < -0.4 is 0 Å². The quantitative estimate of drug-likeness (QED) is 0.372. The highest BCUT2D eigenvalue weighted by Gasteiger charge is 2.12. The van der Waals surface area contributed by atoms with Gasteiger partial charge >= 0.3 is 0 Å². The number of alkyl halides is 1. The average molecular weight is 161 g/mol. The Hall–Kier alpha value is -0.700. The summed E-state index contributed by atoms with van der Waals surface area (Å²) in [5, 5.41) is 6.40. The highest BCUT2D eigenvalue weighted by Crippen LogP contribution is 1.98. The van der Waals surface area contributed by atoms with Crippen LogP contribution in [0.25, 0.3) is 0 Å². The SMILES string of the molecule is CN=C(C=O)C(Cl)C(C)=N. The Morgan fingerprint density at radius 1 is 1.80 bits per heavy atom. The average Bonchev–Trinajstić information content (AvgIpc) is 1.90. The molecule has 3 nitrogen and oxygen atoms in total. The van der Waals surface area contributed by atoms with Gasteiger partial charge in [-0.2, -0.15) is 0 Å². The zero-order valence-corrected chi connectivity index (χ0v) is 6.64. The molecule has 0 aliphatic heterocycles. The van der Waals surface area contributed by atoms with Gasteiger partial charge in [0.25, 0.3) is 0 Å². The van der Waals surface area contributed by atoms with Crippen LogP contribution >= 0.6 is 11.6 Å². The highest BCUT2D eigenvalue weighted by atomic mass is 35.5. The summed E-state index contributed by atoms with van der Waals surface area (Å²) >= 11 is 5.60. The molecule has 0 saturated carbocycles. The maximum atomic E-state index is 10.2. The summed E-state index contributed by atoms with van der Waals surface area (Å²) in [4.78, 5) is 13.8. The number of hydrogen-bond acceptors (Lipinski definition) is 3. The number of nitrogens with one attached hydrogen (secondary N) is 1. The Morgan fingerprint density at radius 2 is 2.30 bits per heavy atom. The number of aliphatic imine (C=N–C) groups is 1. The number of aldehydes is 1. The van der Waals surface area contributed by atoms with Gasteiger partial charge in [0.05, 0.1) is 5.71 Å². The number of halogens is 1. The van der Waals surface area contributed by atoms with Crippen LogP contribution in [-0.4, -0.2) is 30.1 Å². The molecular formula is C6H9ClN2O. The van der Waals surface area contributed by atoms with E-state index in [0.717, 1.165) is 0 Å². The van der Waals surface area contributed by atoms with Crippen LogP contribution in [0, 0.1) is 5.41 Å². The molecular weight excluding hydrogens is 152 g/mol. The van der Waals surface area contributed by atoms with Gasteiger partial charge in [0.1, 0.15) is 5.38 Å². The number of nitrogens with zero attached hydrogens (tertiary/aromatic N) is 1. The van der Waals surface area contributed by atoms with Crippen LogP contribution in [0.5, 0.6) is 0 Å². The molecule has 0 fully saturated rings. The smallest absolute Gasteiger partial charge is 0.165 e. The Kier molecular flexibility index (Phi) is 3.88. The fourth-order valence-corrected chi connectivity index (χ4v) is 0.597. The molecule has 0 aromatic carbocycles. The van der Waals surface area contributed by atoms with Crippen molar-refractivity contribution in [1.29, 1.82) is 5.41 Å². The topological polar surface area (TPSA) is 53.3 Å². The van der Waals surface area contributed by atoms with E-state index in [4.69, 9.17) is 17.0 Å². The normalized spacial score (nSPS) is 14.5. The molecule has 0 rings (SSSR count). The molecule has 0 amide bonds. The third kappa shape index (κ3) is 2.27. The standard InChI is InChI=1S/C6H9ClN2O/c1-4(8)6(7)5(3-10)9-2/h3,6,8H,1-2H3. The molecule has 1 N–H and O–H groups in total. The van der Waals surface area contributed by atoms with Crippen molar-refractivity contribution in [1.82, 2.24) is 0 Å². The molecule has 0 aromatic rings. The third-order valence-corrected chi connectivity index (χ3v) is 1.57. The molecule has 0 heterocycles. The van der Waals surface area contributed by atoms with Crippen molar-refractivity contribution in [2.45, 2.75) is 12.3 Å². The Morgan fingerprint density at radius 3 is 2.40 bits per heavy atom. The summed E-state index contributed by atoms with van der Waals surface area (Å²) in [6, 6.07) is 0. The van der Waals surface area contributed by atoms with Gasteiger partial charge in [0, 0.05) is 12.8 Å². The Labute approximate surface area is 64.6 Å². The van der Waals surface area contributed by atoms with E-state index < -0.39 is 5.38 Å². The van der Waals surface area contributed by atoms with E-state index in [1.165, 1.54) is 14.0 Å². The minimum Gasteiger partial charge on any atom is -0.308 e. The van der Waals surface area contributed by atoms with E-state index in [9.17, 15) is 4.79 Å². The first kappa shape index (κ1) is 9.30. The van der Waals surface area contributed by atoms with E-state index in [1.54, 1.807) is 0 Å². The molecule has 1 atom stereocenters. The minimum atomic E-state index is -0.664. The van der Waals surface area contributed by atoms with E-state index >= 15 is 0 Å². The summed E-state index contributed by atoms with van der Waals surface area (Å²) in [6.07, 6.45) is 0.565. The van der Waals surface area contributed by atoms with Gasteiger partial charge in [-0.05, 0) is 6.92 Å². The number of carbonyl (C=O) groups is 1. The van der Waals surface area contributed by atoms with Crippen LogP contribution in [-0.2, 0) is 4.79 Å². The van der Waals surface area contributed by atoms with E-state index in [2.05, 4.69) is 4.99 Å². The first-order chi connectivity index (χ1) is 4.63. The lowest BCUT2D eigenvalue weighted by Gasteiger charge is -2.03. The first-order valence-electron chi connectivity index (χ1n) is 2.74. The molecule has 0 spiro atoms. The zero-order valence-electron chi connectivity index (χ0n) is 5.89. The molecule has 4 heteroatoms. The second-order valence-corrected chi connectivity index (χ2v) is 2.25. The fraction of sp³-hybridized carbons (Fsp3) is 0.500. The van der Waals surface area contributed by atoms with Gasteiger partial charge in [-0.25, -0.2) is 0 Å². The van der Waals surface area contributed by atoms with Crippen LogP contribution in [0.4, 0.5) is 0 Å². The van der Waals surface area contributed by atoms with Crippen molar-refractivity contribution >= 4 is 29.3 Å². The van der Waals surface area contributed by atoms with Crippen LogP contribution in [0.3, 0.4) is 0 Å². The lowest BCUT2D eigenvalue weighted by atomic mass is 10.2. The maximum absolute atomic E-state index is 10.2. The van der Waals surface area contributed by atoms with E-state index in [0.29, 0.717) is 6.29 Å². The van der Waals surface area contributed by atoms with E-state index in [-0.39, 0.29) is 11.4 Å². The number of carbonyl (C=O) groups excluding carboxylic acids is 1. The third-order valence-electron chi connectivity index (χ3n) is 1.02. The van der Waals surface area contributed by atoms with Gasteiger partial charge in [0.2, 0.25) is 0 Å². The van der Waals surface area contributed by atoms with Gasteiger partial charge in [-0.15, -0.1) is 11.6 Å². The summed E-state index contributed by atoms with van der Waals surface area (Å²) in [5.74, 6) is 0. The van der Waals surface area contributed by atoms with Crippen LogP contribution in [0.15, 0.2) is 4.99 Å². The van der Waals surface area contributed by atoms with Gasteiger partial charge in [0.15, 0.2) is 6.29 Å². The number of hydrogen-bond donors (Lipinski definition) is 1. The van der Waals surface area contributed by atoms with Crippen molar-refractivity contribution in [3.63, 3.8) is 0 Å². The predicted molar refractivity (Wildman–Crippen MR) is 42.5 cm³/mol. The molecule has 56 valence electrons. The van der Waals surface area contributed by atoms with Crippen molar-refractivity contribution in [2.24, 2.45) is 4.99 Å². The summed E-state index contributed by atoms with van der Waals surface area (Å²) in [5.41, 5.74) is 0.434. The van der Waals surface area contributed by atoms with Crippen molar-refractivity contribution < 1.29 is 4.79 Å². The summed E-state index contributed by atoms with van der Waals surface area (Å²) in [6.45, 7) is 1.53. The van der Waals surface area contributed by atoms with Crippen LogP contribution in [0.1, 0.15) is 6.92 Å². The molecule has 0 aliphatic carbocycles. The molecule has 0 radical (unpaired) electrons. The summed E-state index contributed by atoms with van der Waals surface area (Å²) in [7, 11) is 1.47. The Balaban J connectivity index is 4.31. The fourth-order valence-electron chi connectivity index (χ4n) is 0.448. The molecule has 0 aliphatic rings. The lowest BCUT2D eigenvalue weighted by Crippen LogP contribution is -2.22. The second-order valence-electron chi connectivity index (χ2n) is 1.81. The minimum absolute atomic E-state index is 0.203. The number of rotatable bonds is 3. The maximum Gasteiger partial charge on any atom is 0.165 e. The molecule has 1 unspecified atom stereocenters. The molecule has 0 saturated heterocycles. The van der Waals surface area contributed by atoms with E-state index in [1.807, 2.05) is 0 Å². The van der Waals surface area contributed by atoms with Gasteiger partial charge in [-0.3, -0.25) is 9.79 Å². The Bertz CT molecular complexity index is 177. The van der Waals surface area contributed by atoms with Crippen molar-refractivity contribution in [3.8, 4) is 0 Å².